The zero-order chi connectivity index (χ0) is 14.9. The molecule has 0 fully saturated rings. The quantitative estimate of drug-likeness (QED) is 0.928. The summed E-state index contributed by atoms with van der Waals surface area (Å²) < 4.78 is 1.87. The smallest absolute Gasteiger partial charge is 0.0644 e. The van der Waals surface area contributed by atoms with Gasteiger partial charge in [0.05, 0.1) is 11.7 Å². The average molecular weight is 271 g/mol. The van der Waals surface area contributed by atoms with E-state index in [1.807, 2.05) is 18.8 Å². The Morgan fingerprint density at radius 3 is 2.15 bits per heavy atom. The molecule has 0 aliphatic carbocycles. The number of benzene rings is 1. The molecular weight excluding hydrogens is 246 g/mol. The van der Waals surface area contributed by atoms with Crippen LogP contribution in [0.2, 0.25) is 0 Å². The van der Waals surface area contributed by atoms with Crippen molar-refractivity contribution in [2.45, 2.75) is 39.2 Å². The van der Waals surface area contributed by atoms with Crippen molar-refractivity contribution in [3.05, 3.63) is 52.8 Å². The van der Waals surface area contributed by atoms with E-state index in [-0.39, 0.29) is 11.5 Å². The normalized spacial score (nSPS) is 13.5. The summed E-state index contributed by atoms with van der Waals surface area (Å²) in [6.45, 7) is 8.78. The van der Waals surface area contributed by atoms with E-state index in [9.17, 15) is 0 Å². The number of hydrogen-bond donors (Lipinski definition) is 1. The number of nitrogens with one attached hydrogen (secondary N) is 1. The number of hydrogen-bond acceptors (Lipinski definition) is 2. The number of aromatic nitrogens is 2. The van der Waals surface area contributed by atoms with Crippen LogP contribution in [0, 0.1) is 6.92 Å². The summed E-state index contributed by atoms with van der Waals surface area (Å²) in [6.07, 6.45) is 2.09. The van der Waals surface area contributed by atoms with E-state index < -0.39 is 0 Å². The fourth-order valence-electron chi connectivity index (χ4n) is 2.58. The van der Waals surface area contributed by atoms with Gasteiger partial charge in [-0.3, -0.25) is 4.68 Å². The molecule has 0 aliphatic heterocycles. The molecule has 0 amide bonds. The van der Waals surface area contributed by atoms with Gasteiger partial charge in [-0.05, 0) is 30.5 Å². The SMILES string of the molecule is CNC(c1ccc(C(C)(C)C)cc1)c1cn(C)nc1C. The zero-order valence-corrected chi connectivity index (χ0v) is 13.4. The number of nitrogens with zero attached hydrogens (tertiary/aromatic N) is 2. The van der Waals surface area contributed by atoms with Crippen LogP contribution in [-0.4, -0.2) is 16.8 Å². The largest absolute Gasteiger partial charge is 0.309 e. The number of aryl methyl sites for hydroxylation is 2. The van der Waals surface area contributed by atoms with Crippen LogP contribution in [0.3, 0.4) is 0 Å². The maximum Gasteiger partial charge on any atom is 0.0644 e. The Hall–Kier alpha value is -1.61. The van der Waals surface area contributed by atoms with Crippen molar-refractivity contribution in [1.82, 2.24) is 15.1 Å². The Balaban J connectivity index is 2.35. The first-order valence-electron chi connectivity index (χ1n) is 7.11. The van der Waals surface area contributed by atoms with Gasteiger partial charge >= 0.3 is 0 Å². The van der Waals surface area contributed by atoms with Gasteiger partial charge in [0.15, 0.2) is 0 Å². The van der Waals surface area contributed by atoms with Crippen molar-refractivity contribution in [1.29, 1.82) is 0 Å². The first-order valence-corrected chi connectivity index (χ1v) is 7.11. The van der Waals surface area contributed by atoms with Gasteiger partial charge in [-0.1, -0.05) is 45.0 Å². The monoisotopic (exact) mass is 271 g/mol. The van der Waals surface area contributed by atoms with Crippen molar-refractivity contribution < 1.29 is 0 Å². The molecule has 1 unspecified atom stereocenters. The van der Waals surface area contributed by atoms with Gasteiger partial charge in [0.2, 0.25) is 0 Å². The van der Waals surface area contributed by atoms with Crippen LogP contribution < -0.4 is 5.32 Å². The van der Waals surface area contributed by atoms with Crippen molar-refractivity contribution in [3.8, 4) is 0 Å². The highest BCUT2D eigenvalue weighted by Gasteiger charge is 2.18. The number of rotatable bonds is 3. The summed E-state index contributed by atoms with van der Waals surface area (Å²) in [6, 6.07) is 9.08. The highest BCUT2D eigenvalue weighted by atomic mass is 15.3. The molecule has 2 aromatic rings. The van der Waals surface area contributed by atoms with Gasteiger partial charge in [-0.25, -0.2) is 0 Å². The van der Waals surface area contributed by atoms with E-state index in [2.05, 4.69) is 68.6 Å². The van der Waals surface area contributed by atoms with Crippen LogP contribution in [0.1, 0.15) is 49.2 Å². The van der Waals surface area contributed by atoms with Crippen LogP contribution in [0.5, 0.6) is 0 Å². The molecule has 1 aromatic heterocycles. The molecule has 2 rings (SSSR count). The van der Waals surface area contributed by atoms with E-state index >= 15 is 0 Å². The Morgan fingerprint density at radius 2 is 1.75 bits per heavy atom. The fourth-order valence-corrected chi connectivity index (χ4v) is 2.58. The molecule has 20 heavy (non-hydrogen) atoms. The lowest BCUT2D eigenvalue weighted by atomic mass is 9.86. The second-order valence-electron chi connectivity index (χ2n) is 6.44. The van der Waals surface area contributed by atoms with Crippen LogP contribution in [0.25, 0.3) is 0 Å². The van der Waals surface area contributed by atoms with Crippen LogP contribution in [0.4, 0.5) is 0 Å². The minimum atomic E-state index is 0.192. The van der Waals surface area contributed by atoms with E-state index in [1.165, 1.54) is 16.7 Å². The van der Waals surface area contributed by atoms with Crippen molar-refractivity contribution in [3.63, 3.8) is 0 Å². The van der Waals surface area contributed by atoms with Gasteiger partial charge in [0, 0.05) is 18.8 Å². The molecule has 0 radical (unpaired) electrons. The highest BCUT2D eigenvalue weighted by molar-refractivity contribution is 5.36. The molecule has 1 N–H and O–H groups in total. The zero-order valence-electron chi connectivity index (χ0n) is 13.4. The van der Waals surface area contributed by atoms with Gasteiger partial charge in [0.25, 0.3) is 0 Å². The maximum atomic E-state index is 4.44. The molecule has 0 saturated heterocycles. The topological polar surface area (TPSA) is 29.9 Å². The molecule has 108 valence electrons. The first-order chi connectivity index (χ1) is 9.32. The molecule has 1 atom stereocenters. The maximum absolute atomic E-state index is 4.44. The van der Waals surface area contributed by atoms with Gasteiger partial charge in [-0.15, -0.1) is 0 Å². The summed E-state index contributed by atoms with van der Waals surface area (Å²) in [4.78, 5) is 0. The first kappa shape index (κ1) is 14.8. The summed E-state index contributed by atoms with van der Waals surface area (Å²) in [5, 5.41) is 7.83. The van der Waals surface area contributed by atoms with Crippen LogP contribution in [-0.2, 0) is 12.5 Å². The molecule has 3 nitrogen and oxygen atoms in total. The van der Waals surface area contributed by atoms with Crippen molar-refractivity contribution in [2.24, 2.45) is 7.05 Å². The Bertz CT molecular complexity index is 573. The fraction of sp³-hybridized carbons (Fsp3) is 0.471. The lowest BCUT2D eigenvalue weighted by Gasteiger charge is -2.21. The Labute approximate surface area is 122 Å². The van der Waals surface area contributed by atoms with Gasteiger partial charge < -0.3 is 5.32 Å². The lowest BCUT2D eigenvalue weighted by molar-refractivity contribution is 0.589. The van der Waals surface area contributed by atoms with E-state index in [1.54, 1.807) is 0 Å². The summed E-state index contributed by atoms with van der Waals surface area (Å²) in [5.74, 6) is 0. The molecule has 3 heteroatoms. The van der Waals surface area contributed by atoms with Crippen molar-refractivity contribution >= 4 is 0 Å². The predicted molar refractivity (Wildman–Crippen MR) is 84.0 cm³/mol. The molecule has 0 spiro atoms. The van der Waals surface area contributed by atoms with Crippen LogP contribution in [0.15, 0.2) is 30.5 Å². The summed E-state index contributed by atoms with van der Waals surface area (Å²) in [7, 11) is 3.96. The predicted octanol–water partition coefficient (Wildman–Crippen LogP) is 3.33. The third-order valence-electron chi connectivity index (χ3n) is 3.76. The second-order valence-corrected chi connectivity index (χ2v) is 6.44. The van der Waals surface area contributed by atoms with Gasteiger partial charge in [0.1, 0.15) is 0 Å². The van der Waals surface area contributed by atoms with Gasteiger partial charge in [-0.2, -0.15) is 5.10 Å². The average Bonchev–Trinajstić information content (AvgIpc) is 2.69. The Kier molecular flexibility index (Phi) is 4.00. The molecule has 0 aliphatic rings. The molecular formula is C17H25N3. The third kappa shape index (κ3) is 2.93. The molecule has 1 aromatic carbocycles. The minimum Gasteiger partial charge on any atom is -0.309 e. The van der Waals surface area contributed by atoms with E-state index in [0.29, 0.717) is 0 Å². The highest BCUT2D eigenvalue weighted by Crippen LogP contribution is 2.27. The standard InChI is InChI=1S/C17H25N3/c1-12-15(11-20(6)19-12)16(18-5)13-7-9-14(10-8-13)17(2,3)4/h7-11,16,18H,1-6H3. The van der Waals surface area contributed by atoms with Crippen LogP contribution >= 0.6 is 0 Å². The summed E-state index contributed by atoms with van der Waals surface area (Å²) in [5.41, 5.74) is 5.14. The van der Waals surface area contributed by atoms with E-state index in [4.69, 9.17) is 0 Å². The van der Waals surface area contributed by atoms with Crippen molar-refractivity contribution in [2.75, 3.05) is 7.05 Å². The summed E-state index contributed by atoms with van der Waals surface area (Å²) >= 11 is 0. The van der Waals surface area contributed by atoms with E-state index in [0.717, 1.165) is 5.69 Å². The molecule has 0 bridgehead atoms. The Morgan fingerprint density at radius 1 is 1.15 bits per heavy atom. The molecule has 1 heterocycles. The second kappa shape index (κ2) is 5.41. The minimum absolute atomic E-state index is 0.192. The lowest BCUT2D eigenvalue weighted by Crippen LogP contribution is -2.18. The third-order valence-corrected chi connectivity index (χ3v) is 3.76. The molecule has 0 saturated carbocycles.